The maximum Gasteiger partial charge on any atom is 0.0393 e. The molecule has 14 nitrogen and oxygen atoms in total. The van der Waals surface area contributed by atoms with Crippen LogP contribution in [0, 0.1) is 6.92 Å². The summed E-state index contributed by atoms with van der Waals surface area (Å²) >= 11 is 0. The highest BCUT2D eigenvalue weighted by molar-refractivity contribution is 5.76. The van der Waals surface area contributed by atoms with Crippen LogP contribution in [-0.4, -0.2) is 38.1 Å². The third kappa shape index (κ3) is 25.8. The van der Waals surface area contributed by atoms with Crippen molar-refractivity contribution in [2.45, 2.75) is 46.3 Å². The van der Waals surface area contributed by atoms with E-state index in [1.807, 2.05) is 172 Å². The van der Waals surface area contributed by atoms with Gasteiger partial charge in [0.25, 0.3) is 0 Å². The lowest BCUT2D eigenvalue weighted by molar-refractivity contribution is 0.233. The van der Waals surface area contributed by atoms with E-state index in [0.717, 1.165) is 114 Å². The van der Waals surface area contributed by atoms with Crippen molar-refractivity contribution in [1.82, 2.24) is 15.5 Å². The minimum absolute atomic E-state index is 0.0978. The first-order valence-corrected chi connectivity index (χ1v) is 26.7. The predicted octanol–water partition coefficient (Wildman–Crippen LogP) is 11.5. The van der Waals surface area contributed by atoms with E-state index in [0.29, 0.717) is 11.4 Å². The summed E-state index contributed by atoms with van der Waals surface area (Å²) in [4.78, 5) is 2.45. The number of anilines is 11. The molecule has 0 aromatic heterocycles. The molecule has 14 heteroatoms. The van der Waals surface area contributed by atoms with Crippen LogP contribution in [0.4, 0.5) is 62.6 Å². The zero-order valence-corrected chi connectivity index (χ0v) is 47.0. The van der Waals surface area contributed by atoms with Crippen molar-refractivity contribution in [3.8, 4) is 11.1 Å². The van der Waals surface area contributed by atoms with Crippen LogP contribution in [-0.2, 0) is 19.5 Å². The van der Waals surface area contributed by atoms with Crippen molar-refractivity contribution < 1.29 is 0 Å². The summed E-state index contributed by atoms with van der Waals surface area (Å²) in [5.41, 5.74) is 73.4. The first-order valence-electron chi connectivity index (χ1n) is 26.7. The Kier molecular flexibility index (Phi) is 27.9. The Morgan fingerprint density at radius 1 is 0.463 bits per heavy atom. The minimum Gasteiger partial charge on any atom is -0.399 e. The molecular weight excluding hydrogens is 989 g/mol. The van der Waals surface area contributed by atoms with Gasteiger partial charge in [-0.15, -0.1) is 0 Å². The SMILES string of the molecule is CC(N)c1ccc(N)cc1.CCc1cccc(N)c1.CNCc1cccc(N)c1.Cc1ccc(Nc2ccc(N)cc2)cc1.Nc1ccc(-c2ccccc2N)cc1.Nc1cccc(CN2CCNCC2)c1.Nc1cccc(N)c1. The number of hydrogen-bond donors (Lipinski definition) is 13. The molecule has 0 bridgehead atoms. The zero-order valence-electron chi connectivity index (χ0n) is 47.0. The highest BCUT2D eigenvalue weighted by atomic mass is 15.2. The number of nitrogens with zero attached hydrogens (tertiary/aromatic N) is 1. The second-order valence-electron chi connectivity index (χ2n) is 19.1. The fourth-order valence-electron chi connectivity index (χ4n) is 7.69. The molecule has 9 aromatic carbocycles. The van der Waals surface area contributed by atoms with Crippen LogP contribution >= 0.6 is 0 Å². The Morgan fingerprint density at radius 3 is 1.34 bits per heavy atom. The maximum absolute atomic E-state index is 5.86. The van der Waals surface area contributed by atoms with Crippen LogP contribution in [0.2, 0.25) is 0 Å². The molecular formula is C66H86N14. The molecule has 9 aromatic rings. The lowest BCUT2D eigenvalue weighted by Gasteiger charge is -2.27. The lowest BCUT2D eigenvalue weighted by atomic mass is 10.0. The van der Waals surface area contributed by atoms with Gasteiger partial charge in [-0.2, -0.15) is 0 Å². The van der Waals surface area contributed by atoms with Gasteiger partial charge in [-0.3, -0.25) is 4.90 Å². The summed E-state index contributed by atoms with van der Waals surface area (Å²) < 4.78 is 0. The molecule has 1 aliphatic heterocycles. The van der Waals surface area contributed by atoms with Gasteiger partial charge in [-0.05, 0) is 176 Å². The summed E-state index contributed by atoms with van der Waals surface area (Å²) in [6.07, 6.45) is 1.06. The van der Waals surface area contributed by atoms with Crippen LogP contribution in [0.1, 0.15) is 47.7 Å². The van der Waals surface area contributed by atoms with Crippen molar-refractivity contribution >= 4 is 62.6 Å². The van der Waals surface area contributed by atoms with E-state index in [2.05, 4.69) is 77.2 Å². The van der Waals surface area contributed by atoms with E-state index < -0.39 is 0 Å². The van der Waals surface area contributed by atoms with Crippen molar-refractivity contribution in [2.24, 2.45) is 5.73 Å². The molecule has 1 unspecified atom stereocenters. The minimum atomic E-state index is 0.0978. The summed E-state index contributed by atoms with van der Waals surface area (Å²) in [6.45, 7) is 12.5. The number of benzene rings is 9. The molecule has 80 heavy (non-hydrogen) atoms. The molecule has 1 aliphatic rings. The van der Waals surface area contributed by atoms with E-state index in [4.69, 9.17) is 57.3 Å². The highest BCUT2D eigenvalue weighted by Gasteiger charge is 2.09. The lowest BCUT2D eigenvalue weighted by Crippen LogP contribution is -2.42. The Morgan fingerprint density at radius 2 is 0.887 bits per heavy atom. The van der Waals surface area contributed by atoms with Gasteiger partial charge in [0.15, 0.2) is 0 Å². The molecule has 420 valence electrons. The molecule has 1 fully saturated rings. The highest BCUT2D eigenvalue weighted by Crippen LogP contribution is 2.26. The largest absolute Gasteiger partial charge is 0.399 e. The van der Waals surface area contributed by atoms with Gasteiger partial charge in [-0.25, -0.2) is 0 Å². The fourth-order valence-corrected chi connectivity index (χ4v) is 7.69. The molecule has 0 radical (unpaired) electrons. The third-order valence-corrected chi connectivity index (χ3v) is 12.1. The fraction of sp³-hybridized carbons (Fsp3) is 0.182. The maximum atomic E-state index is 5.86. The van der Waals surface area contributed by atoms with Crippen molar-refractivity contribution in [1.29, 1.82) is 0 Å². The Labute approximate surface area is 475 Å². The molecule has 0 saturated carbocycles. The van der Waals surface area contributed by atoms with Crippen molar-refractivity contribution in [2.75, 3.05) is 90.1 Å². The summed E-state index contributed by atoms with van der Waals surface area (Å²) in [6, 6.07) is 70.3. The summed E-state index contributed by atoms with van der Waals surface area (Å²) in [5.74, 6) is 0. The number of piperazine rings is 1. The number of para-hydroxylation sites is 1. The van der Waals surface area contributed by atoms with Gasteiger partial charge in [0.1, 0.15) is 0 Å². The molecule has 1 atom stereocenters. The normalized spacial score (nSPS) is 11.6. The smallest absolute Gasteiger partial charge is 0.0393 e. The third-order valence-electron chi connectivity index (χ3n) is 12.1. The predicted molar refractivity (Wildman–Crippen MR) is 348 cm³/mol. The van der Waals surface area contributed by atoms with E-state index in [-0.39, 0.29) is 6.04 Å². The Balaban J connectivity index is 0.000000203. The van der Waals surface area contributed by atoms with E-state index in [9.17, 15) is 0 Å². The van der Waals surface area contributed by atoms with Crippen LogP contribution in [0.15, 0.2) is 218 Å². The Bertz CT molecular complexity index is 3040. The number of nitrogen functional groups attached to an aromatic ring is 9. The van der Waals surface area contributed by atoms with Gasteiger partial charge in [-0.1, -0.05) is 110 Å². The second-order valence-corrected chi connectivity index (χ2v) is 19.1. The first kappa shape index (κ1) is 63.4. The molecule has 0 spiro atoms. The quantitative estimate of drug-likeness (QED) is 0.0598. The Hall–Kier alpha value is -9.18. The van der Waals surface area contributed by atoms with Crippen molar-refractivity contribution in [3.05, 3.63) is 246 Å². The van der Waals surface area contributed by atoms with Gasteiger partial charge >= 0.3 is 0 Å². The molecule has 1 saturated heterocycles. The first-order chi connectivity index (χ1) is 38.5. The second kappa shape index (κ2) is 35.3. The average Bonchev–Trinajstić information content (AvgIpc) is 3.45. The van der Waals surface area contributed by atoms with Crippen LogP contribution in [0.25, 0.3) is 11.1 Å². The topological polar surface area (TPSA) is 300 Å². The van der Waals surface area contributed by atoms with Crippen molar-refractivity contribution in [3.63, 3.8) is 0 Å². The van der Waals surface area contributed by atoms with E-state index in [1.165, 1.54) is 22.3 Å². The average molecular weight is 1080 g/mol. The van der Waals surface area contributed by atoms with Crippen LogP contribution in [0.3, 0.4) is 0 Å². The number of hydrogen-bond acceptors (Lipinski definition) is 14. The van der Waals surface area contributed by atoms with Gasteiger partial charge < -0.3 is 73.3 Å². The number of nitrogens with two attached hydrogens (primary N) is 10. The number of nitrogens with one attached hydrogen (secondary N) is 3. The molecule has 0 amide bonds. The molecule has 10 rings (SSSR count). The van der Waals surface area contributed by atoms with Crippen LogP contribution in [0.5, 0.6) is 0 Å². The van der Waals surface area contributed by atoms with Gasteiger partial charge in [0, 0.05) is 113 Å². The summed E-state index contributed by atoms with van der Waals surface area (Å²) in [5, 5.41) is 9.70. The van der Waals surface area contributed by atoms with E-state index >= 15 is 0 Å². The van der Waals surface area contributed by atoms with Gasteiger partial charge in [0.05, 0.1) is 0 Å². The summed E-state index contributed by atoms with van der Waals surface area (Å²) in [7, 11) is 1.92. The monoisotopic (exact) mass is 1070 g/mol. The van der Waals surface area contributed by atoms with E-state index in [1.54, 1.807) is 18.2 Å². The van der Waals surface area contributed by atoms with Crippen LogP contribution < -0.4 is 73.3 Å². The number of rotatable bonds is 9. The zero-order chi connectivity index (χ0) is 58.1. The van der Waals surface area contributed by atoms with Gasteiger partial charge in [0.2, 0.25) is 0 Å². The standard InChI is InChI=1S/C13H14N2.C12H12N2.C11H17N3.2C8H12N2.C8H11N.C6H8N2/c1-10-2-6-12(7-3-10)15-13-8-4-11(14)5-9-13;13-10-7-5-9(6-8-10)11-3-1-2-4-12(11)14;12-11-3-1-2-10(8-11)9-14-6-4-13-5-7-14;1-6(9)7-2-4-8(10)5-3-7;1-10-6-7-3-2-4-8(9)5-7;1-2-7-4-3-5-8(9)6-7;7-5-2-1-3-6(8)4-5/h2-9,15H,14H2,1H3;1-8H,13-14H2;1-3,8,13H,4-7,9,12H2;2-6H,9-10H2,1H3;2-5,10H,6,9H2,1H3;3-6H,2,9H2,1H3;1-4H,7-8H2. The molecule has 23 N–H and O–H groups in total. The molecule has 0 aliphatic carbocycles. The number of aryl methyl sites for hydroxylation is 2. The molecule has 1 heterocycles.